The van der Waals surface area contributed by atoms with Gasteiger partial charge in [-0.1, -0.05) is 0 Å². The molecule has 1 saturated heterocycles. The maximum atomic E-state index is 11.3. The highest BCUT2D eigenvalue weighted by Crippen LogP contribution is 2.25. The lowest BCUT2D eigenvalue weighted by Gasteiger charge is -2.24. The fourth-order valence-corrected chi connectivity index (χ4v) is 3.36. The van der Waals surface area contributed by atoms with Crippen LogP contribution in [0.1, 0.15) is 34.6 Å². The molecule has 1 unspecified atom stereocenters. The van der Waals surface area contributed by atoms with E-state index in [1.807, 2.05) is 24.8 Å². The van der Waals surface area contributed by atoms with Crippen LogP contribution in [0.15, 0.2) is 6.07 Å². The number of carboxylic acid groups (broad SMARTS) is 1. The topological polar surface area (TPSA) is 62.2 Å². The SMILES string of the molecule is Cc1cc(NC2CCCSC2)c(C(=O)O)c(C)n1. The molecule has 4 nitrogen and oxygen atoms in total. The minimum absolute atomic E-state index is 0.302. The van der Waals surface area contributed by atoms with Crippen molar-refractivity contribution in [1.29, 1.82) is 0 Å². The van der Waals surface area contributed by atoms with E-state index in [0.717, 1.165) is 17.9 Å². The monoisotopic (exact) mass is 266 g/mol. The van der Waals surface area contributed by atoms with Crippen LogP contribution >= 0.6 is 11.8 Å². The third-order valence-electron chi connectivity index (χ3n) is 3.06. The third-order valence-corrected chi connectivity index (χ3v) is 4.28. The van der Waals surface area contributed by atoms with E-state index in [-0.39, 0.29) is 0 Å². The van der Waals surface area contributed by atoms with Crippen LogP contribution in [0.25, 0.3) is 0 Å². The van der Waals surface area contributed by atoms with E-state index in [4.69, 9.17) is 0 Å². The molecule has 0 saturated carbocycles. The van der Waals surface area contributed by atoms with Crippen molar-refractivity contribution >= 4 is 23.4 Å². The number of carboxylic acids is 1. The number of hydrogen-bond donors (Lipinski definition) is 2. The first kappa shape index (κ1) is 13.2. The van der Waals surface area contributed by atoms with E-state index in [2.05, 4.69) is 10.3 Å². The molecule has 0 aromatic carbocycles. The first-order valence-electron chi connectivity index (χ1n) is 6.13. The molecule has 18 heavy (non-hydrogen) atoms. The van der Waals surface area contributed by atoms with E-state index in [1.54, 1.807) is 6.92 Å². The van der Waals surface area contributed by atoms with E-state index in [0.29, 0.717) is 23.0 Å². The number of nitrogens with one attached hydrogen (secondary N) is 1. The number of nitrogens with zero attached hydrogens (tertiary/aromatic N) is 1. The molecule has 1 aromatic heterocycles. The van der Waals surface area contributed by atoms with Gasteiger partial charge in [0.15, 0.2) is 0 Å². The Hall–Kier alpha value is -1.23. The van der Waals surface area contributed by atoms with E-state index in [1.165, 1.54) is 12.2 Å². The van der Waals surface area contributed by atoms with Gasteiger partial charge in [-0.05, 0) is 38.5 Å². The highest BCUT2D eigenvalue weighted by molar-refractivity contribution is 7.99. The summed E-state index contributed by atoms with van der Waals surface area (Å²) >= 11 is 1.92. The Morgan fingerprint density at radius 1 is 1.56 bits per heavy atom. The molecule has 0 spiro atoms. The number of carbonyl (C=O) groups is 1. The average Bonchev–Trinajstić information content (AvgIpc) is 2.28. The summed E-state index contributed by atoms with van der Waals surface area (Å²) in [5.41, 5.74) is 2.44. The summed E-state index contributed by atoms with van der Waals surface area (Å²) in [7, 11) is 0. The summed E-state index contributed by atoms with van der Waals surface area (Å²) in [4.78, 5) is 15.5. The lowest BCUT2D eigenvalue weighted by atomic mass is 10.1. The molecule has 1 aliphatic heterocycles. The van der Waals surface area contributed by atoms with Crippen LogP contribution in [0.2, 0.25) is 0 Å². The van der Waals surface area contributed by atoms with Gasteiger partial charge in [0.25, 0.3) is 0 Å². The van der Waals surface area contributed by atoms with Crippen molar-refractivity contribution in [2.24, 2.45) is 0 Å². The number of anilines is 1. The van der Waals surface area contributed by atoms with Gasteiger partial charge in [0.2, 0.25) is 0 Å². The van der Waals surface area contributed by atoms with Crippen molar-refractivity contribution in [3.63, 3.8) is 0 Å². The molecule has 0 bridgehead atoms. The predicted molar refractivity (Wildman–Crippen MR) is 74.6 cm³/mol. The Bertz CT molecular complexity index is 457. The number of rotatable bonds is 3. The lowest BCUT2D eigenvalue weighted by Crippen LogP contribution is -2.27. The van der Waals surface area contributed by atoms with Gasteiger partial charge >= 0.3 is 5.97 Å². The average molecular weight is 266 g/mol. The zero-order valence-corrected chi connectivity index (χ0v) is 11.5. The zero-order chi connectivity index (χ0) is 13.1. The van der Waals surface area contributed by atoms with Crippen LogP contribution in [0.5, 0.6) is 0 Å². The molecule has 5 heteroatoms. The molecular formula is C13H18N2O2S. The Balaban J connectivity index is 2.27. The Morgan fingerprint density at radius 3 is 2.94 bits per heavy atom. The Kier molecular flexibility index (Phi) is 4.11. The van der Waals surface area contributed by atoms with Gasteiger partial charge < -0.3 is 10.4 Å². The minimum Gasteiger partial charge on any atom is -0.478 e. The predicted octanol–water partition coefficient (Wildman–Crippen LogP) is 2.70. The number of aromatic carboxylic acids is 1. The molecule has 2 rings (SSSR count). The maximum Gasteiger partial charge on any atom is 0.339 e. The fourth-order valence-electron chi connectivity index (χ4n) is 2.29. The quantitative estimate of drug-likeness (QED) is 0.880. The van der Waals surface area contributed by atoms with Crippen LogP contribution < -0.4 is 5.32 Å². The Labute approximate surface area is 111 Å². The number of hydrogen-bond acceptors (Lipinski definition) is 4. The number of thioether (sulfide) groups is 1. The van der Waals surface area contributed by atoms with Gasteiger partial charge in [-0.2, -0.15) is 11.8 Å². The molecular weight excluding hydrogens is 248 g/mol. The van der Waals surface area contributed by atoms with E-state index in [9.17, 15) is 9.90 Å². The molecule has 1 fully saturated rings. The van der Waals surface area contributed by atoms with Crippen molar-refractivity contribution in [3.8, 4) is 0 Å². The van der Waals surface area contributed by atoms with Crippen LogP contribution in [0.3, 0.4) is 0 Å². The van der Waals surface area contributed by atoms with Gasteiger partial charge in [-0.3, -0.25) is 4.98 Å². The van der Waals surface area contributed by atoms with Crippen molar-refractivity contribution in [2.75, 3.05) is 16.8 Å². The molecule has 2 N–H and O–H groups in total. The molecule has 1 atom stereocenters. The molecule has 0 amide bonds. The second kappa shape index (κ2) is 5.61. The summed E-state index contributed by atoms with van der Waals surface area (Å²) in [6.45, 7) is 3.64. The second-order valence-corrected chi connectivity index (χ2v) is 5.78. The third kappa shape index (κ3) is 2.96. The van der Waals surface area contributed by atoms with Crippen LogP contribution in [-0.4, -0.2) is 33.6 Å². The van der Waals surface area contributed by atoms with Crippen LogP contribution in [0.4, 0.5) is 5.69 Å². The van der Waals surface area contributed by atoms with Gasteiger partial charge in [0.1, 0.15) is 5.56 Å². The number of pyridine rings is 1. The zero-order valence-electron chi connectivity index (χ0n) is 10.7. The summed E-state index contributed by atoms with van der Waals surface area (Å²) in [5, 5.41) is 12.7. The van der Waals surface area contributed by atoms with Crippen molar-refractivity contribution in [2.45, 2.75) is 32.7 Å². The normalized spacial score (nSPS) is 19.6. The highest BCUT2D eigenvalue weighted by Gasteiger charge is 2.19. The van der Waals surface area contributed by atoms with Crippen molar-refractivity contribution in [3.05, 3.63) is 23.0 Å². The smallest absolute Gasteiger partial charge is 0.339 e. The molecule has 1 aliphatic rings. The first-order chi connectivity index (χ1) is 8.58. The second-order valence-electron chi connectivity index (χ2n) is 4.64. The highest BCUT2D eigenvalue weighted by atomic mass is 32.2. The van der Waals surface area contributed by atoms with Crippen molar-refractivity contribution < 1.29 is 9.90 Å². The Morgan fingerprint density at radius 2 is 2.33 bits per heavy atom. The molecule has 2 heterocycles. The summed E-state index contributed by atoms with van der Waals surface area (Å²) in [5.74, 6) is 1.34. The molecule has 0 aliphatic carbocycles. The van der Waals surface area contributed by atoms with Crippen molar-refractivity contribution in [1.82, 2.24) is 4.98 Å². The van der Waals surface area contributed by atoms with Crippen LogP contribution in [-0.2, 0) is 0 Å². The molecule has 0 radical (unpaired) electrons. The minimum atomic E-state index is -0.911. The summed E-state index contributed by atoms with van der Waals surface area (Å²) in [6, 6.07) is 2.19. The lowest BCUT2D eigenvalue weighted by molar-refractivity contribution is 0.0696. The van der Waals surface area contributed by atoms with Gasteiger partial charge in [-0.15, -0.1) is 0 Å². The largest absolute Gasteiger partial charge is 0.478 e. The maximum absolute atomic E-state index is 11.3. The van der Waals surface area contributed by atoms with Gasteiger partial charge in [-0.25, -0.2) is 4.79 Å². The first-order valence-corrected chi connectivity index (χ1v) is 7.29. The molecule has 1 aromatic rings. The number of aryl methyl sites for hydroxylation is 2. The summed E-state index contributed by atoms with van der Waals surface area (Å²) in [6.07, 6.45) is 2.29. The number of aromatic nitrogens is 1. The van der Waals surface area contributed by atoms with Gasteiger partial charge in [0, 0.05) is 17.5 Å². The van der Waals surface area contributed by atoms with E-state index >= 15 is 0 Å². The fraction of sp³-hybridized carbons (Fsp3) is 0.538. The summed E-state index contributed by atoms with van der Waals surface area (Å²) < 4.78 is 0. The van der Waals surface area contributed by atoms with Crippen LogP contribution in [0, 0.1) is 13.8 Å². The standard InChI is InChI=1S/C13H18N2O2S/c1-8-6-11(12(13(16)17)9(2)14-8)15-10-4-3-5-18-7-10/h6,10H,3-5,7H2,1-2H3,(H,14,15)(H,16,17). The molecule has 98 valence electrons. The van der Waals surface area contributed by atoms with E-state index < -0.39 is 5.97 Å². The van der Waals surface area contributed by atoms with Gasteiger partial charge in [0.05, 0.1) is 11.4 Å².